The SMILES string of the molecule is Cc1ccc(Nc2ncccc2/C(N)=N/NN)cc1. The highest BCUT2D eigenvalue weighted by Crippen LogP contribution is 2.18. The van der Waals surface area contributed by atoms with Gasteiger partial charge in [-0.25, -0.2) is 16.4 Å². The van der Waals surface area contributed by atoms with Gasteiger partial charge < -0.3 is 11.1 Å². The van der Waals surface area contributed by atoms with Crippen LogP contribution in [0.2, 0.25) is 0 Å². The topological polar surface area (TPSA) is 101 Å². The van der Waals surface area contributed by atoms with E-state index >= 15 is 0 Å². The van der Waals surface area contributed by atoms with E-state index in [9.17, 15) is 0 Å². The number of amidine groups is 1. The number of nitrogens with two attached hydrogens (primary N) is 2. The minimum absolute atomic E-state index is 0.269. The highest BCUT2D eigenvalue weighted by atomic mass is 15.5. The lowest BCUT2D eigenvalue weighted by Gasteiger charge is -2.10. The molecule has 0 saturated heterocycles. The Morgan fingerprint density at radius 3 is 2.63 bits per heavy atom. The fourth-order valence-corrected chi connectivity index (χ4v) is 1.61. The van der Waals surface area contributed by atoms with Crippen molar-refractivity contribution in [3.63, 3.8) is 0 Å². The molecule has 0 atom stereocenters. The van der Waals surface area contributed by atoms with Gasteiger partial charge in [0.25, 0.3) is 0 Å². The summed E-state index contributed by atoms with van der Waals surface area (Å²) in [6, 6.07) is 11.6. The zero-order valence-corrected chi connectivity index (χ0v) is 10.6. The monoisotopic (exact) mass is 256 g/mol. The molecular weight excluding hydrogens is 240 g/mol. The minimum Gasteiger partial charge on any atom is -0.382 e. The van der Waals surface area contributed by atoms with Gasteiger partial charge in [-0.2, -0.15) is 0 Å². The van der Waals surface area contributed by atoms with Gasteiger partial charge in [0.2, 0.25) is 0 Å². The maximum Gasteiger partial charge on any atom is 0.155 e. The number of nitrogens with one attached hydrogen (secondary N) is 2. The molecule has 0 aliphatic heterocycles. The number of pyridine rings is 1. The maximum atomic E-state index is 5.81. The average molecular weight is 256 g/mol. The van der Waals surface area contributed by atoms with Crippen LogP contribution in [0, 0.1) is 6.92 Å². The number of benzene rings is 1. The number of nitrogens with zero attached hydrogens (tertiary/aromatic N) is 2. The molecule has 0 saturated carbocycles. The van der Waals surface area contributed by atoms with Gasteiger partial charge in [-0.05, 0) is 31.2 Å². The van der Waals surface area contributed by atoms with Gasteiger partial charge >= 0.3 is 0 Å². The quantitative estimate of drug-likeness (QED) is 0.285. The Labute approximate surface area is 111 Å². The molecule has 1 aromatic heterocycles. The molecule has 0 unspecified atom stereocenters. The smallest absolute Gasteiger partial charge is 0.155 e. The number of aromatic nitrogens is 1. The third-order valence-corrected chi connectivity index (χ3v) is 2.58. The van der Waals surface area contributed by atoms with E-state index in [0.717, 1.165) is 5.69 Å². The number of aryl methyl sites for hydroxylation is 1. The van der Waals surface area contributed by atoms with Crippen molar-refractivity contribution in [1.29, 1.82) is 0 Å². The lowest BCUT2D eigenvalue weighted by Crippen LogP contribution is -2.24. The van der Waals surface area contributed by atoms with Crippen molar-refractivity contribution < 1.29 is 0 Å². The van der Waals surface area contributed by atoms with Gasteiger partial charge in [0, 0.05) is 11.9 Å². The molecular formula is C13H16N6. The minimum atomic E-state index is 0.269. The van der Waals surface area contributed by atoms with Crippen molar-refractivity contribution in [1.82, 2.24) is 10.5 Å². The summed E-state index contributed by atoms with van der Waals surface area (Å²) in [6.45, 7) is 2.04. The molecule has 0 aliphatic rings. The summed E-state index contributed by atoms with van der Waals surface area (Å²) in [5.41, 5.74) is 10.8. The highest BCUT2D eigenvalue weighted by Gasteiger charge is 2.07. The summed E-state index contributed by atoms with van der Waals surface area (Å²) in [7, 11) is 0. The summed E-state index contributed by atoms with van der Waals surface area (Å²) in [4.78, 5) is 4.26. The van der Waals surface area contributed by atoms with E-state index in [1.807, 2.05) is 37.3 Å². The van der Waals surface area contributed by atoms with Crippen LogP contribution in [-0.2, 0) is 0 Å². The highest BCUT2D eigenvalue weighted by molar-refractivity contribution is 6.01. The Morgan fingerprint density at radius 2 is 1.95 bits per heavy atom. The lowest BCUT2D eigenvalue weighted by atomic mass is 10.2. The van der Waals surface area contributed by atoms with Crippen molar-refractivity contribution >= 4 is 17.3 Å². The van der Waals surface area contributed by atoms with E-state index in [1.165, 1.54) is 5.56 Å². The molecule has 2 rings (SSSR count). The Balaban J connectivity index is 2.30. The van der Waals surface area contributed by atoms with Crippen LogP contribution in [0.15, 0.2) is 47.7 Å². The lowest BCUT2D eigenvalue weighted by molar-refractivity contribution is 0.804. The van der Waals surface area contributed by atoms with E-state index in [-0.39, 0.29) is 5.84 Å². The molecule has 6 N–H and O–H groups in total. The second kappa shape index (κ2) is 5.83. The molecule has 6 heteroatoms. The predicted molar refractivity (Wildman–Crippen MR) is 76.7 cm³/mol. The van der Waals surface area contributed by atoms with Gasteiger partial charge in [-0.15, -0.1) is 5.10 Å². The first-order valence-corrected chi connectivity index (χ1v) is 5.78. The molecule has 0 spiro atoms. The molecule has 1 aromatic carbocycles. The first-order valence-electron chi connectivity index (χ1n) is 5.78. The summed E-state index contributed by atoms with van der Waals surface area (Å²) in [6.07, 6.45) is 1.68. The van der Waals surface area contributed by atoms with Gasteiger partial charge in [0.1, 0.15) is 5.82 Å². The fraction of sp³-hybridized carbons (Fsp3) is 0.0769. The van der Waals surface area contributed by atoms with Crippen LogP contribution in [0.25, 0.3) is 0 Å². The fourth-order valence-electron chi connectivity index (χ4n) is 1.61. The standard InChI is InChI=1S/C13H16N6/c1-9-4-6-10(7-5-9)17-13-11(3-2-8-16-13)12(14)18-19-15/h2-8,19H,15H2,1H3,(H2,14,18)(H,16,17). The molecule has 19 heavy (non-hydrogen) atoms. The summed E-state index contributed by atoms with van der Waals surface area (Å²) >= 11 is 0. The van der Waals surface area contributed by atoms with Crippen molar-refractivity contribution in [3.05, 3.63) is 53.7 Å². The number of hydrogen-bond acceptors (Lipinski definition) is 5. The van der Waals surface area contributed by atoms with Gasteiger partial charge in [-0.1, -0.05) is 17.7 Å². The van der Waals surface area contributed by atoms with Gasteiger partial charge in [-0.3, -0.25) is 0 Å². The Bertz CT molecular complexity index is 576. The zero-order chi connectivity index (χ0) is 13.7. The second-order valence-electron chi connectivity index (χ2n) is 4.02. The van der Waals surface area contributed by atoms with Gasteiger partial charge in [0.15, 0.2) is 5.84 Å². The zero-order valence-electron chi connectivity index (χ0n) is 10.6. The van der Waals surface area contributed by atoms with Crippen LogP contribution in [-0.4, -0.2) is 10.8 Å². The first-order chi connectivity index (χ1) is 9.20. The second-order valence-corrected chi connectivity index (χ2v) is 4.02. The third-order valence-electron chi connectivity index (χ3n) is 2.58. The Morgan fingerprint density at radius 1 is 1.21 bits per heavy atom. The van der Waals surface area contributed by atoms with Crippen molar-refractivity contribution in [2.45, 2.75) is 6.92 Å². The van der Waals surface area contributed by atoms with E-state index in [1.54, 1.807) is 12.3 Å². The van der Waals surface area contributed by atoms with E-state index in [4.69, 9.17) is 11.6 Å². The molecule has 0 aliphatic carbocycles. The van der Waals surface area contributed by atoms with Crippen molar-refractivity contribution in [2.24, 2.45) is 16.7 Å². The van der Waals surface area contributed by atoms with Crippen LogP contribution >= 0.6 is 0 Å². The third kappa shape index (κ3) is 3.20. The average Bonchev–Trinajstić information content (AvgIpc) is 2.42. The summed E-state index contributed by atoms with van der Waals surface area (Å²) in [5, 5.41) is 6.95. The van der Waals surface area contributed by atoms with Crippen LogP contribution < -0.4 is 22.4 Å². The number of hydrogen-bond donors (Lipinski definition) is 4. The number of rotatable bonds is 4. The Hall–Kier alpha value is -2.60. The molecule has 0 fully saturated rings. The molecule has 0 radical (unpaired) electrons. The molecule has 0 bridgehead atoms. The normalized spacial score (nSPS) is 11.2. The number of hydrazone groups is 1. The largest absolute Gasteiger partial charge is 0.382 e. The van der Waals surface area contributed by atoms with Crippen LogP contribution in [0.1, 0.15) is 11.1 Å². The van der Waals surface area contributed by atoms with Crippen molar-refractivity contribution in [3.8, 4) is 0 Å². The van der Waals surface area contributed by atoms with Crippen molar-refractivity contribution in [2.75, 3.05) is 5.32 Å². The van der Waals surface area contributed by atoms with E-state index in [0.29, 0.717) is 11.4 Å². The molecule has 98 valence electrons. The number of anilines is 2. The van der Waals surface area contributed by atoms with E-state index < -0.39 is 0 Å². The summed E-state index contributed by atoms with van der Waals surface area (Å²) < 4.78 is 0. The van der Waals surface area contributed by atoms with Crippen LogP contribution in [0.4, 0.5) is 11.5 Å². The summed E-state index contributed by atoms with van der Waals surface area (Å²) in [5.74, 6) is 6.02. The van der Waals surface area contributed by atoms with Crippen LogP contribution in [0.3, 0.4) is 0 Å². The molecule has 0 amide bonds. The maximum absolute atomic E-state index is 5.81. The molecule has 1 heterocycles. The Kier molecular flexibility index (Phi) is 3.94. The first kappa shape index (κ1) is 12.8. The van der Waals surface area contributed by atoms with E-state index in [2.05, 4.69) is 20.9 Å². The van der Waals surface area contributed by atoms with Gasteiger partial charge in [0.05, 0.1) is 5.56 Å². The molecule has 6 nitrogen and oxygen atoms in total. The predicted octanol–water partition coefficient (Wildman–Crippen LogP) is 1.22. The number of hydrazine groups is 1. The molecule has 2 aromatic rings. The van der Waals surface area contributed by atoms with Crippen LogP contribution in [0.5, 0.6) is 0 Å².